The fourth-order valence-corrected chi connectivity index (χ4v) is 6.05. The Morgan fingerprint density at radius 2 is 1.90 bits per heavy atom. The zero-order chi connectivity index (χ0) is 28.6. The lowest BCUT2D eigenvalue weighted by molar-refractivity contribution is -0.119. The van der Waals surface area contributed by atoms with E-state index in [-0.39, 0.29) is 24.6 Å². The maximum atomic E-state index is 12.1. The van der Waals surface area contributed by atoms with Gasteiger partial charge in [0.25, 0.3) is 0 Å². The second-order valence-electron chi connectivity index (χ2n) is 9.71. The van der Waals surface area contributed by atoms with Crippen molar-refractivity contribution in [3.63, 3.8) is 0 Å². The maximum absolute atomic E-state index is 12.1. The van der Waals surface area contributed by atoms with Crippen LogP contribution < -0.4 is 15.5 Å². The molecule has 0 saturated carbocycles. The largest absolute Gasteiger partial charge is 0.375 e. The van der Waals surface area contributed by atoms with Gasteiger partial charge < -0.3 is 24.8 Å². The molecule has 0 radical (unpaired) electrons. The predicted octanol–water partition coefficient (Wildman–Crippen LogP) is 6.87. The monoisotopic (exact) mass is 593 g/mol. The lowest BCUT2D eigenvalue weighted by atomic mass is 9.96. The number of benzene rings is 2. The Kier molecular flexibility index (Phi) is 8.14. The highest BCUT2D eigenvalue weighted by Gasteiger charge is 2.42. The van der Waals surface area contributed by atoms with E-state index >= 15 is 0 Å². The molecule has 2 aromatic carbocycles. The summed E-state index contributed by atoms with van der Waals surface area (Å²) in [6.07, 6.45) is 1.79. The highest BCUT2D eigenvalue weighted by Crippen LogP contribution is 2.45. The quantitative estimate of drug-likeness (QED) is 0.228. The molecule has 3 heterocycles. The van der Waals surface area contributed by atoms with E-state index in [1.807, 2.05) is 55.5 Å². The van der Waals surface area contributed by atoms with Crippen molar-refractivity contribution < 1.29 is 9.53 Å². The fourth-order valence-electron chi connectivity index (χ4n) is 5.33. The number of aromatic nitrogens is 2. The van der Waals surface area contributed by atoms with Crippen LogP contribution in [0.1, 0.15) is 40.3 Å². The average molecular weight is 595 g/mol. The van der Waals surface area contributed by atoms with E-state index in [9.17, 15) is 4.79 Å². The number of ether oxygens (including phenoxy) is 1. The van der Waals surface area contributed by atoms with Crippen LogP contribution in [0.25, 0.3) is 5.69 Å². The summed E-state index contributed by atoms with van der Waals surface area (Å²) in [6.45, 7) is 6.07. The first-order chi connectivity index (χ1) is 19.2. The third-order valence-corrected chi connectivity index (χ3v) is 8.22. The molecule has 2 aromatic heterocycles. The van der Waals surface area contributed by atoms with Crippen molar-refractivity contribution in [1.29, 1.82) is 0 Å². The Morgan fingerprint density at radius 1 is 1.10 bits per heavy atom. The van der Waals surface area contributed by atoms with Crippen LogP contribution in [0.5, 0.6) is 0 Å². The highest BCUT2D eigenvalue weighted by atomic mass is 35.5. The molecule has 2 N–H and O–H groups in total. The first-order valence-electron chi connectivity index (χ1n) is 12.7. The lowest BCUT2D eigenvalue weighted by Crippen LogP contribution is -2.29. The number of carbonyl (C=O) groups is 1. The van der Waals surface area contributed by atoms with Gasteiger partial charge in [-0.2, -0.15) is 0 Å². The van der Waals surface area contributed by atoms with Gasteiger partial charge in [-0.05, 0) is 92.6 Å². The van der Waals surface area contributed by atoms with Crippen molar-refractivity contribution >= 4 is 57.8 Å². The molecule has 1 fully saturated rings. The zero-order valence-corrected chi connectivity index (χ0v) is 24.9. The molecular weight excluding hydrogens is 565 g/mol. The second kappa shape index (κ2) is 11.6. The molecule has 7 nitrogen and oxygen atoms in total. The molecule has 1 saturated heterocycles. The Morgan fingerprint density at radius 3 is 2.60 bits per heavy atom. The minimum Gasteiger partial charge on any atom is -0.375 e. The Bertz CT molecular complexity index is 1590. The van der Waals surface area contributed by atoms with Gasteiger partial charge >= 0.3 is 0 Å². The average Bonchev–Trinajstić information content (AvgIpc) is 3.42. The van der Waals surface area contributed by atoms with Crippen LogP contribution in [-0.4, -0.2) is 34.3 Å². The van der Waals surface area contributed by atoms with E-state index in [1.54, 1.807) is 12.3 Å². The van der Waals surface area contributed by atoms with Crippen LogP contribution >= 0.6 is 35.4 Å². The summed E-state index contributed by atoms with van der Waals surface area (Å²) in [4.78, 5) is 18.9. The third-order valence-electron chi connectivity index (χ3n) is 7.10. The minimum atomic E-state index is -0.214. The molecule has 1 amide bonds. The smallest absolute Gasteiger partial charge is 0.250 e. The summed E-state index contributed by atoms with van der Waals surface area (Å²) in [5, 5.41) is 8.00. The Balaban J connectivity index is 1.63. The number of thiocarbonyl (C=S) groups is 1. The topological polar surface area (TPSA) is 71.4 Å². The number of carbonyl (C=O) groups excluding carboxylic acids is 1. The van der Waals surface area contributed by atoms with E-state index in [0.717, 1.165) is 45.3 Å². The van der Waals surface area contributed by atoms with Gasteiger partial charge in [-0.1, -0.05) is 35.3 Å². The van der Waals surface area contributed by atoms with Gasteiger partial charge in [0.05, 0.1) is 33.5 Å². The van der Waals surface area contributed by atoms with Crippen molar-refractivity contribution in [1.82, 2.24) is 14.9 Å². The van der Waals surface area contributed by atoms with E-state index < -0.39 is 0 Å². The van der Waals surface area contributed by atoms with Crippen molar-refractivity contribution in [2.75, 3.05) is 23.9 Å². The van der Waals surface area contributed by atoms with E-state index in [2.05, 4.69) is 45.0 Å². The SMILES string of the molecule is COCC(=O)Nc1ccc(N2C(=S)N[C@@H](c3ccccn3)[C@H]2c2cc(C)n(-c3cccc(Cl)c3Cl)c2C)cc1C. The summed E-state index contributed by atoms with van der Waals surface area (Å²) < 4.78 is 7.07. The fraction of sp³-hybridized carbons (Fsp3) is 0.233. The third kappa shape index (κ3) is 5.20. The van der Waals surface area contributed by atoms with Crippen molar-refractivity contribution in [2.24, 2.45) is 0 Å². The minimum absolute atomic E-state index is 0.0125. The Labute approximate surface area is 249 Å². The normalized spacial score (nSPS) is 16.8. The van der Waals surface area contributed by atoms with Crippen LogP contribution in [0, 0.1) is 20.8 Å². The van der Waals surface area contributed by atoms with Gasteiger partial charge in [-0.15, -0.1) is 0 Å². The number of pyridine rings is 1. The lowest BCUT2D eigenvalue weighted by Gasteiger charge is -2.29. The molecule has 5 rings (SSSR count). The number of rotatable bonds is 7. The molecule has 4 aromatic rings. The molecule has 0 bridgehead atoms. The summed E-state index contributed by atoms with van der Waals surface area (Å²) in [7, 11) is 1.49. The molecule has 2 atom stereocenters. The standard InChI is InChI=1S/C30H29Cl2N5O2S/c1-17-14-20(11-12-23(17)34-26(38)16-39-4)37-29(28(35-30(37)40)24-9-5-6-13-33-24)21-15-18(2)36(19(21)3)25-10-7-8-22(31)27(25)32/h5-15,28-29H,16H2,1-4H3,(H,34,38)(H,35,40)/t28-,29+/m0/s1. The van der Waals surface area contributed by atoms with Crippen molar-refractivity contribution in [3.8, 4) is 5.69 Å². The number of halogens is 2. The number of hydrogen-bond donors (Lipinski definition) is 2. The molecule has 0 aliphatic carbocycles. The number of methoxy groups -OCH3 is 1. The first-order valence-corrected chi connectivity index (χ1v) is 13.9. The summed E-state index contributed by atoms with van der Waals surface area (Å²) in [5.41, 5.74) is 7.32. The number of hydrogen-bond acceptors (Lipinski definition) is 4. The van der Waals surface area contributed by atoms with Gasteiger partial charge in [0.2, 0.25) is 5.91 Å². The molecule has 0 spiro atoms. The zero-order valence-electron chi connectivity index (χ0n) is 22.5. The Hall–Kier alpha value is -3.43. The number of nitrogens with zero attached hydrogens (tertiary/aromatic N) is 3. The summed E-state index contributed by atoms with van der Waals surface area (Å²) in [5.74, 6) is -0.211. The molecule has 1 aliphatic rings. The van der Waals surface area contributed by atoms with Crippen molar-refractivity contribution in [2.45, 2.75) is 32.9 Å². The van der Waals surface area contributed by atoms with Crippen LogP contribution in [0.4, 0.5) is 11.4 Å². The van der Waals surface area contributed by atoms with Crippen LogP contribution in [0.2, 0.25) is 10.0 Å². The van der Waals surface area contributed by atoms with E-state index in [4.69, 9.17) is 40.2 Å². The molecule has 0 unspecified atom stereocenters. The molecule has 206 valence electrons. The number of amides is 1. The molecule has 1 aliphatic heterocycles. The second-order valence-corrected chi connectivity index (χ2v) is 10.9. The predicted molar refractivity (Wildman–Crippen MR) is 165 cm³/mol. The van der Waals surface area contributed by atoms with Gasteiger partial charge in [-0.25, -0.2) is 0 Å². The van der Waals surface area contributed by atoms with Crippen LogP contribution in [0.15, 0.2) is 66.9 Å². The van der Waals surface area contributed by atoms with Crippen molar-refractivity contribution in [3.05, 3.63) is 105 Å². The highest BCUT2D eigenvalue weighted by molar-refractivity contribution is 7.80. The first kappa shape index (κ1) is 28.1. The van der Waals surface area contributed by atoms with Crippen LogP contribution in [-0.2, 0) is 9.53 Å². The summed E-state index contributed by atoms with van der Waals surface area (Å²) in [6, 6.07) is 19.1. The van der Waals surface area contributed by atoms with Crippen LogP contribution in [0.3, 0.4) is 0 Å². The number of anilines is 2. The maximum Gasteiger partial charge on any atom is 0.250 e. The van der Waals surface area contributed by atoms with Gasteiger partial charge in [-0.3, -0.25) is 9.78 Å². The molecular formula is C30H29Cl2N5O2S. The number of aryl methyl sites for hydroxylation is 2. The molecule has 10 heteroatoms. The number of nitrogens with one attached hydrogen (secondary N) is 2. The van der Waals surface area contributed by atoms with Gasteiger partial charge in [0.15, 0.2) is 5.11 Å². The van der Waals surface area contributed by atoms with E-state index in [0.29, 0.717) is 15.2 Å². The van der Waals surface area contributed by atoms with E-state index in [1.165, 1.54) is 7.11 Å². The van der Waals surface area contributed by atoms with Gasteiger partial charge in [0, 0.05) is 36.1 Å². The molecule has 40 heavy (non-hydrogen) atoms. The summed E-state index contributed by atoms with van der Waals surface area (Å²) >= 11 is 19.0. The van der Waals surface area contributed by atoms with Gasteiger partial charge in [0.1, 0.15) is 6.61 Å².